The Morgan fingerprint density at radius 3 is 2.86 bits per heavy atom. The summed E-state index contributed by atoms with van der Waals surface area (Å²) in [5.74, 6) is 0.576. The van der Waals surface area contributed by atoms with E-state index >= 15 is 0 Å². The van der Waals surface area contributed by atoms with Gasteiger partial charge in [0.2, 0.25) is 0 Å². The summed E-state index contributed by atoms with van der Waals surface area (Å²) in [5, 5.41) is 8.90. The lowest BCUT2D eigenvalue weighted by molar-refractivity contribution is 0.637. The number of aromatic nitrogens is 1. The SMILES string of the molecule is CC(C)CN(C)c1cnccc1C#N. The van der Waals surface area contributed by atoms with E-state index in [1.165, 1.54) is 0 Å². The highest BCUT2D eigenvalue weighted by Gasteiger charge is 2.07. The molecule has 0 spiro atoms. The van der Waals surface area contributed by atoms with Gasteiger partial charge in [-0.25, -0.2) is 0 Å². The molecule has 0 unspecified atom stereocenters. The van der Waals surface area contributed by atoms with E-state index in [0.717, 1.165) is 12.2 Å². The second-order valence-corrected chi connectivity index (χ2v) is 3.78. The van der Waals surface area contributed by atoms with E-state index in [2.05, 4.69) is 29.8 Å². The van der Waals surface area contributed by atoms with Crippen molar-refractivity contribution in [3.8, 4) is 6.07 Å². The number of hydrogen-bond acceptors (Lipinski definition) is 3. The molecule has 0 amide bonds. The molecule has 3 heteroatoms. The highest BCUT2D eigenvalue weighted by atomic mass is 15.1. The number of hydrogen-bond donors (Lipinski definition) is 0. The normalized spacial score (nSPS) is 9.93. The summed E-state index contributed by atoms with van der Waals surface area (Å²) in [6.45, 7) is 5.23. The Morgan fingerprint density at radius 2 is 2.29 bits per heavy atom. The highest BCUT2D eigenvalue weighted by Crippen LogP contribution is 2.17. The van der Waals surface area contributed by atoms with Crippen LogP contribution in [0.5, 0.6) is 0 Å². The summed E-state index contributed by atoms with van der Waals surface area (Å²) in [6.07, 6.45) is 3.38. The number of rotatable bonds is 3. The molecule has 0 saturated carbocycles. The summed E-state index contributed by atoms with van der Waals surface area (Å²) in [5.41, 5.74) is 1.59. The molecule has 0 aromatic carbocycles. The average molecular weight is 189 g/mol. The maximum absolute atomic E-state index is 8.90. The lowest BCUT2D eigenvalue weighted by Crippen LogP contribution is -2.23. The quantitative estimate of drug-likeness (QED) is 0.730. The molecule has 0 saturated heterocycles. The average Bonchev–Trinajstić information content (AvgIpc) is 2.16. The van der Waals surface area contributed by atoms with Gasteiger partial charge in [-0.2, -0.15) is 5.26 Å². The monoisotopic (exact) mass is 189 g/mol. The minimum Gasteiger partial charge on any atom is -0.372 e. The van der Waals surface area contributed by atoms with Crippen LogP contribution >= 0.6 is 0 Å². The molecule has 0 aliphatic heterocycles. The summed E-state index contributed by atoms with van der Waals surface area (Å²) in [4.78, 5) is 6.09. The standard InChI is InChI=1S/C11H15N3/c1-9(2)8-14(3)11-7-13-5-4-10(11)6-12/h4-5,7,9H,8H2,1-3H3. The van der Waals surface area contributed by atoms with Gasteiger partial charge in [-0.05, 0) is 12.0 Å². The Kier molecular flexibility index (Phi) is 3.47. The largest absolute Gasteiger partial charge is 0.372 e. The van der Waals surface area contributed by atoms with Gasteiger partial charge in [0.15, 0.2) is 0 Å². The van der Waals surface area contributed by atoms with Gasteiger partial charge in [0, 0.05) is 19.8 Å². The van der Waals surface area contributed by atoms with Crippen LogP contribution in [0.15, 0.2) is 18.5 Å². The lowest BCUT2D eigenvalue weighted by Gasteiger charge is -2.21. The third kappa shape index (κ3) is 2.46. The van der Waals surface area contributed by atoms with Crippen molar-refractivity contribution in [3.63, 3.8) is 0 Å². The van der Waals surface area contributed by atoms with Gasteiger partial charge < -0.3 is 4.90 Å². The van der Waals surface area contributed by atoms with Gasteiger partial charge in [-0.3, -0.25) is 4.98 Å². The summed E-state index contributed by atoms with van der Waals surface area (Å²) in [7, 11) is 1.98. The zero-order valence-corrected chi connectivity index (χ0v) is 8.86. The molecule has 0 aliphatic rings. The third-order valence-electron chi connectivity index (χ3n) is 1.97. The fourth-order valence-corrected chi connectivity index (χ4v) is 1.43. The smallest absolute Gasteiger partial charge is 0.101 e. The van der Waals surface area contributed by atoms with Gasteiger partial charge in [0.05, 0.1) is 17.4 Å². The minimum atomic E-state index is 0.576. The molecular formula is C11H15N3. The maximum atomic E-state index is 8.90. The molecule has 1 rings (SSSR count). The van der Waals surface area contributed by atoms with Crippen LogP contribution in [0.3, 0.4) is 0 Å². The first kappa shape index (κ1) is 10.5. The molecule has 0 atom stereocenters. The predicted molar refractivity (Wildman–Crippen MR) is 57.1 cm³/mol. The van der Waals surface area contributed by atoms with Crippen molar-refractivity contribution in [2.24, 2.45) is 5.92 Å². The summed E-state index contributed by atoms with van der Waals surface area (Å²) < 4.78 is 0. The molecule has 0 radical (unpaired) electrons. The molecule has 1 heterocycles. The first-order valence-corrected chi connectivity index (χ1v) is 4.70. The van der Waals surface area contributed by atoms with Gasteiger partial charge >= 0.3 is 0 Å². The number of nitrogens with zero attached hydrogens (tertiary/aromatic N) is 3. The first-order chi connectivity index (χ1) is 6.65. The van der Waals surface area contributed by atoms with E-state index in [1.54, 1.807) is 18.5 Å². The molecule has 0 bridgehead atoms. The molecule has 0 N–H and O–H groups in total. The van der Waals surface area contributed by atoms with Crippen LogP contribution in [0, 0.1) is 17.2 Å². The summed E-state index contributed by atoms with van der Waals surface area (Å²) in [6, 6.07) is 3.91. The van der Waals surface area contributed by atoms with Crippen molar-refractivity contribution in [1.82, 2.24) is 4.98 Å². The minimum absolute atomic E-state index is 0.576. The van der Waals surface area contributed by atoms with Gasteiger partial charge in [0.1, 0.15) is 6.07 Å². The maximum Gasteiger partial charge on any atom is 0.101 e. The van der Waals surface area contributed by atoms with E-state index in [1.807, 2.05) is 7.05 Å². The molecule has 1 aromatic rings. The van der Waals surface area contributed by atoms with Crippen molar-refractivity contribution in [1.29, 1.82) is 5.26 Å². The molecule has 0 aliphatic carbocycles. The van der Waals surface area contributed by atoms with Crippen molar-refractivity contribution < 1.29 is 0 Å². The number of pyridine rings is 1. The molecule has 14 heavy (non-hydrogen) atoms. The van der Waals surface area contributed by atoms with Crippen LogP contribution in [0.25, 0.3) is 0 Å². The Labute approximate surface area is 85.0 Å². The van der Waals surface area contributed by atoms with Crippen LogP contribution in [0.1, 0.15) is 19.4 Å². The Bertz CT molecular complexity index is 339. The van der Waals surface area contributed by atoms with Crippen LogP contribution < -0.4 is 4.90 Å². The fourth-order valence-electron chi connectivity index (χ4n) is 1.43. The second kappa shape index (κ2) is 4.61. The second-order valence-electron chi connectivity index (χ2n) is 3.78. The molecule has 3 nitrogen and oxygen atoms in total. The van der Waals surface area contributed by atoms with E-state index < -0.39 is 0 Å². The molecule has 0 fully saturated rings. The van der Waals surface area contributed by atoms with Crippen molar-refractivity contribution >= 4 is 5.69 Å². The number of nitriles is 1. The van der Waals surface area contributed by atoms with E-state index in [9.17, 15) is 0 Å². The highest BCUT2D eigenvalue weighted by molar-refractivity contribution is 5.56. The van der Waals surface area contributed by atoms with E-state index in [0.29, 0.717) is 11.5 Å². The summed E-state index contributed by atoms with van der Waals surface area (Å²) >= 11 is 0. The van der Waals surface area contributed by atoms with E-state index in [-0.39, 0.29) is 0 Å². The van der Waals surface area contributed by atoms with Gasteiger partial charge in [0.25, 0.3) is 0 Å². The topological polar surface area (TPSA) is 39.9 Å². The van der Waals surface area contributed by atoms with Crippen LogP contribution in [0.4, 0.5) is 5.69 Å². The van der Waals surface area contributed by atoms with Crippen LogP contribution in [-0.2, 0) is 0 Å². The Hall–Kier alpha value is -1.56. The van der Waals surface area contributed by atoms with Crippen molar-refractivity contribution in [3.05, 3.63) is 24.0 Å². The van der Waals surface area contributed by atoms with Crippen molar-refractivity contribution in [2.45, 2.75) is 13.8 Å². The molecule has 1 aromatic heterocycles. The van der Waals surface area contributed by atoms with Crippen LogP contribution in [-0.4, -0.2) is 18.6 Å². The Morgan fingerprint density at radius 1 is 1.57 bits per heavy atom. The lowest BCUT2D eigenvalue weighted by atomic mass is 10.2. The fraction of sp³-hybridized carbons (Fsp3) is 0.455. The molecular weight excluding hydrogens is 174 g/mol. The predicted octanol–water partition coefficient (Wildman–Crippen LogP) is 2.05. The third-order valence-corrected chi connectivity index (χ3v) is 1.97. The molecule has 74 valence electrons. The zero-order chi connectivity index (χ0) is 10.6. The van der Waals surface area contributed by atoms with Crippen molar-refractivity contribution in [2.75, 3.05) is 18.5 Å². The Balaban J connectivity index is 2.89. The van der Waals surface area contributed by atoms with Gasteiger partial charge in [-0.1, -0.05) is 13.8 Å². The van der Waals surface area contributed by atoms with Crippen LogP contribution in [0.2, 0.25) is 0 Å². The van der Waals surface area contributed by atoms with Gasteiger partial charge in [-0.15, -0.1) is 0 Å². The zero-order valence-electron chi connectivity index (χ0n) is 8.86. The van der Waals surface area contributed by atoms with E-state index in [4.69, 9.17) is 5.26 Å². The number of anilines is 1. The first-order valence-electron chi connectivity index (χ1n) is 4.70.